The third kappa shape index (κ3) is 2.71. The first-order chi connectivity index (χ1) is 10.4. The molecular formula is C15H16N2O4S. The van der Waals surface area contributed by atoms with Crippen molar-refractivity contribution in [3.05, 3.63) is 29.3 Å². The van der Waals surface area contributed by atoms with Crippen LogP contribution in [0, 0.1) is 0 Å². The molecule has 0 aliphatic carbocycles. The fourth-order valence-corrected chi connectivity index (χ4v) is 2.63. The zero-order valence-corrected chi connectivity index (χ0v) is 13.6. The van der Waals surface area contributed by atoms with Crippen LogP contribution in [0.15, 0.2) is 28.7 Å². The Morgan fingerprint density at radius 1 is 1.09 bits per heavy atom. The number of ether oxygens (including phenoxy) is 1. The molecule has 0 aromatic heterocycles. The minimum Gasteiger partial charge on any atom is -0.496 e. The van der Waals surface area contributed by atoms with E-state index in [0.29, 0.717) is 11.3 Å². The Labute approximate surface area is 132 Å². The number of nitrogens with zero attached hydrogens (tertiary/aromatic N) is 2. The molecule has 1 saturated heterocycles. The molecule has 0 bridgehead atoms. The largest absolute Gasteiger partial charge is 0.496 e. The molecule has 1 aliphatic heterocycles. The number of urea groups is 1. The summed E-state index contributed by atoms with van der Waals surface area (Å²) in [6, 6.07) is 4.75. The van der Waals surface area contributed by atoms with E-state index in [1.165, 1.54) is 31.9 Å². The Balaban J connectivity index is 2.45. The summed E-state index contributed by atoms with van der Waals surface area (Å²) in [5.41, 5.74) is 0.603. The van der Waals surface area contributed by atoms with Crippen LogP contribution in [0.1, 0.15) is 5.56 Å². The van der Waals surface area contributed by atoms with Crippen LogP contribution in [0.2, 0.25) is 0 Å². The van der Waals surface area contributed by atoms with Crippen molar-refractivity contribution in [2.45, 2.75) is 4.90 Å². The van der Waals surface area contributed by atoms with Crippen LogP contribution in [-0.4, -0.2) is 55.1 Å². The Morgan fingerprint density at radius 2 is 1.68 bits per heavy atom. The van der Waals surface area contributed by atoms with Crippen LogP contribution in [0.4, 0.5) is 4.79 Å². The normalized spacial score (nSPS) is 15.5. The first kappa shape index (κ1) is 16.1. The summed E-state index contributed by atoms with van der Waals surface area (Å²) in [7, 11) is 4.25. The predicted octanol–water partition coefficient (Wildman–Crippen LogP) is 1.85. The topological polar surface area (TPSA) is 66.9 Å². The van der Waals surface area contributed by atoms with E-state index in [2.05, 4.69) is 0 Å². The van der Waals surface area contributed by atoms with Gasteiger partial charge in [-0.3, -0.25) is 19.4 Å². The van der Waals surface area contributed by atoms with Gasteiger partial charge in [-0.1, -0.05) is 6.07 Å². The molecular weight excluding hydrogens is 304 g/mol. The summed E-state index contributed by atoms with van der Waals surface area (Å²) >= 11 is 1.54. The average molecular weight is 320 g/mol. The number of methoxy groups -OCH3 is 1. The van der Waals surface area contributed by atoms with E-state index < -0.39 is 17.8 Å². The lowest BCUT2D eigenvalue weighted by Crippen LogP contribution is -2.52. The Kier molecular flexibility index (Phi) is 4.56. The number of benzene rings is 1. The summed E-state index contributed by atoms with van der Waals surface area (Å²) in [4.78, 5) is 38.7. The quantitative estimate of drug-likeness (QED) is 0.483. The number of rotatable bonds is 3. The van der Waals surface area contributed by atoms with Gasteiger partial charge in [-0.15, -0.1) is 11.8 Å². The summed E-state index contributed by atoms with van der Waals surface area (Å²) < 4.78 is 5.28. The fourth-order valence-electron chi connectivity index (χ4n) is 2.08. The molecule has 0 unspecified atom stereocenters. The first-order valence-electron chi connectivity index (χ1n) is 6.44. The smallest absolute Gasteiger partial charge is 0.333 e. The lowest BCUT2D eigenvalue weighted by atomic mass is 10.1. The second-order valence-electron chi connectivity index (χ2n) is 4.68. The highest BCUT2D eigenvalue weighted by atomic mass is 32.2. The third-order valence-electron chi connectivity index (χ3n) is 3.36. The number of barbiturate groups is 1. The molecule has 4 amide bonds. The third-order valence-corrected chi connectivity index (χ3v) is 4.14. The van der Waals surface area contributed by atoms with E-state index in [-0.39, 0.29) is 5.57 Å². The van der Waals surface area contributed by atoms with Crippen molar-refractivity contribution in [2.75, 3.05) is 27.5 Å². The summed E-state index contributed by atoms with van der Waals surface area (Å²) in [5, 5.41) is 0. The number of carbonyl (C=O) groups excluding carboxylic acids is 3. The van der Waals surface area contributed by atoms with Crippen LogP contribution < -0.4 is 4.74 Å². The molecule has 0 radical (unpaired) electrons. The average Bonchev–Trinajstić information content (AvgIpc) is 2.54. The number of hydrogen-bond donors (Lipinski definition) is 0. The number of hydrogen-bond acceptors (Lipinski definition) is 5. The molecule has 1 fully saturated rings. The van der Waals surface area contributed by atoms with E-state index in [4.69, 9.17) is 4.74 Å². The summed E-state index contributed by atoms with van der Waals surface area (Å²) in [5.74, 6) is -0.558. The van der Waals surface area contributed by atoms with Crippen molar-refractivity contribution in [2.24, 2.45) is 0 Å². The van der Waals surface area contributed by atoms with Crippen molar-refractivity contribution in [3.8, 4) is 5.75 Å². The van der Waals surface area contributed by atoms with Crippen molar-refractivity contribution in [3.63, 3.8) is 0 Å². The molecule has 116 valence electrons. The molecule has 0 N–H and O–H groups in total. The van der Waals surface area contributed by atoms with E-state index in [1.807, 2.05) is 12.3 Å². The molecule has 1 aliphatic rings. The van der Waals surface area contributed by atoms with E-state index in [1.54, 1.807) is 19.2 Å². The maximum absolute atomic E-state index is 12.1. The highest BCUT2D eigenvalue weighted by Gasteiger charge is 2.37. The molecule has 0 atom stereocenters. The van der Waals surface area contributed by atoms with Gasteiger partial charge < -0.3 is 4.74 Å². The maximum Gasteiger partial charge on any atom is 0.333 e. The molecule has 1 aromatic rings. The molecule has 0 saturated carbocycles. The Bertz CT molecular complexity index is 658. The highest BCUT2D eigenvalue weighted by Crippen LogP contribution is 2.29. The predicted molar refractivity (Wildman–Crippen MR) is 83.7 cm³/mol. The van der Waals surface area contributed by atoms with Crippen molar-refractivity contribution < 1.29 is 19.1 Å². The fraction of sp³-hybridized carbons (Fsp3) is 0.267. The van der Waals surface area contributed by atoms with E-state index in [9.17, 15) is 14.4 Å². The van der Waals surface area contributed by atoms with Crippen LogP contribution in [0.25, 0.3) is 6.08 Å². The maximum atomic E-state index is 12.1. The van der Waals surface area contributed by atoms with Crippen LogP contribution in [0.5, 0.6) is 5.75 Å². The van der Waals surface area contributed by atoms with Gasteiger partial charge in [0.2, 0.25) is 0 Å². The van der Waals surface area contributed by atoms with Crippen LogP contribution in [0.3, 0.4) is 0 Å². The second-order valence-corrected chi connectivity index (χ2v) is 5.53. The number of likely N-dealkylation sites (N-methyl/N-ethyl adjacent to an activating group) is 2. The zero-order chi connectivity index (χ0) is 16.4. The Morgan fingerprint density at radius 3 is 2.18 bits per heavy atom. The Hall–Kier alpha value is -2.28. The molecule has 1 heterocycles. The van der Waals surface area contributed by atoms with Crippen LogP contribution >= 0.6 is 11.8 Å². The number of thioether (sulfide) groups is 1. The van der Waals surface area contributed by atoms with E-state index in [0.717, 1.165) is 14.7 Å². The molecule has 2 rings (SSSR count). The molecule has 6 nitrogen and oxygen atoms in total. The van der Waals surface area contributed by atoms with Gasteiger partial charge in [0, 0.05) is 19.0 Å². The van der Waals surface area contributed by atoms with Gasteiger partial charge in [0.05, 0.1) is 7.11 Å². The summed E-state index contributed by atoms with van der Waals surface area (Å²) in [6.07, 6.45) is 3.40. The lowest BCUT2D eigenvalue weighted by Gasteiger charge is -2.28. The van der Waals surface area contributed by atoms with Crippen LogP contribution in [-0.2, 0) is 9.59 Å². The van der Waals surface area contributed by atoms with Gasteiger partial charge in [-0.25, -0.2) is 4.79 Å². The zero-order valence-electron chi connectivity index (χ0n) is 12.7. The minimum absolute atomic E-state index is 0.0523. The minimum atomic E-state index is -0.637. The van der Waals surface area contributed by atoms with Crippen molar-refractivity contribution in [1.82, 2.24) is 9.80 Å². The van der Waals surface area contributed by atoms with Gasteiger partial charge in [0.1, 0.15) is 11.3 Å². The van der Waals surface area contributed by atoms with Crippen molar-refractivity contribution in [1.29, 1.82) is 0 Å². The lowest BCUT2D eigenvalue weighted by molar-refractivity contribution is -0.134. The molecule has 22 heavy (non-hydrogen) atoms. The van der Waals surface area contributed by atoms with Gasteiger partial charge in [0.25, 0.3) is 11.8 Å². The molecule has 0 spiro atoms. The van der Waals surface area contributed by atoms with Gasteiger partial charge in [-0.05, 0) is 30.0 Å². The number of carbonyl (C=O) groups is 3. The first-order valence-corrected chi connectivity index (χ1v) is 7.67. The number of imide groups is 2. The second kappa shape index (κ2) is 6.23. The van der Waals surface area contributed by atoms with Crippen molar-refractivity contribution >= 4 is 35.7 Å². The SMILES string of the molecule is COc1cc(C=C2C(=O)N(C)C(=O)N(C)C2=O)ccc1SC. The molecule has 7 heteroatoms. The van der Waals surface area contributed by atoms with Gasteiger partial charge in [-0.2, -0.15) is 0 Å². The summed E-state index contributed by atoms with van der Waals surface area (Å²) in [6.45, 7) is 0. The highest BCUT2D eigenvalue weighted by molar-refractivity contribution is 7.98. The van der Waals surface area contributed by atoms with Gasteiger partial charge >= 0.3 is 6.03 Å². The monoisotopic (exact) mass is 320 g/mol. The molecule has 1 aromatic carbocycles. The standard InChI is InChI=1S/C15H16N2O4S/c1-16-13(18)10(14(19)17(2)15(16)20)7-9-5-6-12(22-4)11(8-9)21-3/h5-8H,1-4H3. The number of amides is 4. The van der Waals surface area contributed by atoms with E-state index >= 15 is 0 Å². The van der Waals surface area contributed by atoms with Gasteiger partial charge in [0.15, 0.2) is 0 Å².